The summed E-state index contributed by atoms with van der Waals surface area (Å²) in [4.78, 5) is 21.6. The first-order valence-electron chi connectivity index (χ1n) is 9.34. The van der Waals surface area contributed by atoms with Crippen LogP contribution < -0.4 is 10.1 Å². The van der Waals surface area contributed by atoms with Gasteiger partial charge in [0.1, 0.15) is 5.75 Å². The van der Waals surface area contributed by atoms with Crippen molar-refractivity contribution in [2.75, 3.05) is 12.9 Å². The third-order valence-electron chi connectivity index (χ3n) is 5.11. The molecule has 0 fully saturated rings. The van der Waals surface area contributed by atoms with Crippen LogP contribution in [0.5, 0.6) is 5.75 Å². The molecule has 0 aliphatic carbocycles. The zero-order valence-corrected chi connectivity index (χ0v) is 17.0. The summed E-state index contributed by atoms with van der Waals surface area (Å²) in [5.41, 5.74) is 3.98. The van der Waals surface area contributed by atoms with Gasteiger partial charge in [0, 0.05) is 29.8 Å². The van der Waals surface area contributed by atoms with Crippen molar-refractivity contribution in [2.45, 2.75) is 44.3 Å². The predicted molar refractivity (Wildman–Crippen MR) is 108 cm³/mol. The van der Waals surface area contributed by atoms with Crippen LogP contribution in [0, 0.1) is 13.8 Å². The summed E-state index contributed by atoms with van der Waals surface area (Å²) in [7, 11) is 0. The average molecular weight is 398 g/mol. The Hall–Kier alpha value is -2.61. The molecule has 1 unspecified atom stereocenters. The summed E-state index contributed by atoms with van der Waals surface area (Å²) in [6.45, 7) is 4.58. The van der Waals surface area contributed by atoms with Crippen LogP contribution in [0.25, 0.3) is 5.78 Å². The molecule has 28 heavy (non-hydrogen) atoms. The zero-order valence-electron chi connectivity index (χ0n) is 16.2. The molecule has 1 amide bonds. The Morgan fingerprint density at radius 1 is 1.32 bits per heavy atom. The molecule has 1 aliphatic heterocycles. The molecule has 8 heteroatoms. The van der Waals surface area contributed by atoms with Crippen molar-refractivity contribution >= 4 is 23.4 Å². The maximum Gasteiger partial charge on any atom is 0.253 e. The number of benzene rings is 1. The molecule has 146 valence electrons. The molecule has 4 rings (SSSR count). The van der Waals surface area contributed by atoms with Gasteiger partial charge in [-0.25, -0.2) is 9.50 Å². The van der Waals surface area contributed by atoms with Crippen molar-refractivity contribution in [2.24, 2.45) is 0 Å². The summed E-state index contributed by atoms with van der Waals surface area (Å²) in [6, 6.07) is 7.88. The van der Waals surface area contributed by atoms with Crippen LogP contribution in [0.3, 0.4) is 0 Å². The summed E-state index contributed by atoms with van der Waals surface area (Å²) < 4.78 is 7.44. The number of carbonyl (C=O) groups excluding carboxylic acids is 1. The lowest BCUT2D eigenvalue weighted by Gasteiger charge is -2.26. The number of rotatable bonds is 5. The summed E-state index contributed by atoms with van der Waals surface area (Å²) in [5.74, 6) is 1.49. The van der Waals surface area contributed by atoms with E-state index in [4.69, 9.17) is 4.74 Å². The number of para-hydroxylation sites is 1. The molecular formula is C20H23N5O2S. The zero-order chi connectivity index (χ0) is 19.7. The number of fused-ring (bicyclic) bond motifs is 2. The van der Waals surface area contributed by atoms with E-state index in [1.807, 2.05) is 44.4 Å². The van der Waals surface area contributed by atoms with E-state index in [1.165, 1.54) is 11.8 Å². The second kappa shape index (κ2) is 7.79. The highest BCUT2D eigenvalue weighted by Crippen LogP contribution is 2.31. The summed E-state index contributed by atoms with van der Waals surface area (Å²) >= 11 is 1.49. The minimum absolute atomic E-state index is 0.000276. The number of nitrogens with zero attached hydrogens (tertiary/aromatic N) is 4. The predicted octanol–water partition coefficient (Wildman–Crippen LogP) is 3.04. The van der Waals surface area contributed by atoms with E-state index in [0.29, 0.717) is 30.4 Å². The number of hydrogen-bond acceptors (Lipinski definition) is 6. The minimum atomic E-state index is -0.000276. The third-order valence-corrected chi connectivity index (χ3v) is 5.65. The molecule has 0 spiro atoms. The maximum absolute atomic E-state index is 12.6. The fourth-order valence-corrected chi connectivity index (χ4v) is 3.97. The summed E-state index contributed by atoms with van der Waals surface area (Å²) in [5, 5.41) is 8.32. The van der Waals surface area contributed by atoms with Crippen LogP contribution in [-0.4, -0.2) is 38.4 Å². The highest BCUT2D eigenvalue weighted by molar-refractivity contribution is 7.98. The number of aryl methyl sites for hydroxylation is 2. The van der Waals surface area contributed by atoms with E-state index in [9.17, 15) is 4.79 Å². The highest BCUT2D eigenvalue weighted by Gasteiger charge is 2.23. The van der Waals surface area contributed by atoms with Gasteiger partial charge in [0.2, 0.25) is 11.1 Å². The number of amides is 1. The number of hydrogen-bond donors (Lipinski definition) is 1. The van der Waals surface area contributed by atoms with E-state index in [-0.39, 0.29) is 11.9 Å². The molecule has 0 saturated carbocycles. The molecule has 1 atom stereocenters. The van der Waals surface area contributed by atoms with Gasteiger partial charge in [0.05, 0.1) is 12.6 Å². The molecule has 3 heterocycles. The van der Waals surface area contributed by atoms with Crippen molar-refractivity contribution in [1.29, 1.82) is 0 Å². The maximum atomic E-state index is 12.6. The Labute approximate surface area is 167 Å². The van der Waals surface area contributed by atoms with Gasteiger partial charge in [0.25, 0.3) is 5.78 Å². The third kappa shape index (κ3) is 3.56. The molecule has 0 bridgehead atoms. The first-order valence-corrected chi connectivity index (χ1v) is 10.6. The van der Waals surface area contributed by atoms with Crippen LogP contribution in [0.1, 0.15) is 41.4 Å². The van der Waals surface area contributed by atoms with Crippen LogP contribution in [0.15, 0.2) is 29.4 Å². The number of aromatic nitrogens is 4. The van der Waals surface area contributed by atoms with Crippen LogP contribution in [0.2, 0.25) is 0 Å². The first kappa shape index (κ1) is 18.7. The Bertz CT molecular complexity index is 1030. The number of ether oxygens (including phenoxy) is 1. The van der Waals surface area contributed by atoms with Gasteiger partial charge in [-0.15, -0.1) is 5.10 Å². The van der Waals surface area contributed by atoms with Gasteiger partial charge in [-0.2, -0.15) is 4.98 Å². The topological polar surface area (TPSA) is 81.4 Å². The largest absolute Gasteiger partial charge is 0.493 e. The second-order valence-corrected chi connectivity index (χ2v) is 7.64. The SMILES string of the molecule is CSc1nc2nc(C)c(CCC(=O)NC3CCOc4ccccc43)c(C)n2n1. The lowest BCUT2D eigenvalue weighted by Crippen LogP contribution is -2.32. The average Bonchev–Trinajstić information content (AvgIpc) is 3.11. The summed E-state index contributed by atoms with van der Waals surface area (Å²) in [6.07, 6.45) is 3.74. The van der Waals surface area contributed by atoms with Crippen molar-refractivity contribution in [3.05, 3.63) is 46.8 Å². The van der Waals surface area contributed by atoms with Crippen molar-refractivity contribution in [1.82, 2.24) is 24.9 Å². The molecular weight excluding hydrogens is 374 g/mol. The van der Waals surface area contributed by atoms with E-state index < -0.39 is 0 Å². The quantitative estimate of drug-likeness (QED) is 0.667. The van der Waals surface area contributed by atoms with Crippen molar-refractivity contribution in [3.63, 3.8) is 0 Å². The van der Waals surface area contributed by atoms with Crippen LogP contribution in [-0.2, 0) is 11.2 Å². The molecule has 0 radical (unpaired) electrons. The fourth-order valence-electron chi connectivity index (χ4n) is 3.64. The number of carbonyl (C=O) groups is 1. The van der Waals surface area contributed by atoms with E-state index in [2.05, 4.69) is 20.4 Å². The van der Waals surface area contributed by atoms with Crippen LogP contribution >= 0.6 is 11.8 Å². The Morgan fingerprint density at radius 3 is 2.96 bits per heavy atom. The molecule has 1 aromatic carbocycles. The lowest BCUT2D eigenvalue weighted by molar-refractivity contribution is -0.122. The fraction of sp³-hybridized carbons (Fsp3) is 0.400. The van der Waals surface area contributed by atoms with Gasteiger partial charge in [-0.05, 0) is 38.2 Å². The molecule has 7 nitrogen and oxygen atoms in total. The smallest absolute Gasteiger partial charge is 0.253 e. The van der Waals surface area contributed by atoms with E-state index in [1.54, 1.807) is 4.52 Å². The monoisotopic (exact) mass is 397 g/mol. The number of nitrogens with one attached hydrogen (secondary N) is 1. The van der Waals surface area contributed by atoms with Crippen LogP contribution in [0.4, 0.5) is 0 Å². The Kier molecular flexibility index (Phi) is 5.21. The normalized spacial score (nSPS) is 15.9. The Balaban J connectivity index is 1.47. The van der Waals surface area contributed by atoms with Gasteiger partial charge in [0.15, 0.2) is 0 Å². The van der Waals surface area contributed by atoms with E-state index >= 15 is 0 Å². The second-order valence-electron chi connectivity index (χ2n) is 6.87. The lowest BCUT2D eigenvalue weighted by atomic mass is 10.00. The molecule has 2 aromatic heterocycles. The molecule has 1 N–H and O–H groups in total. The minimum Gasteiger partial charge on any atom is -0.493 e. The molecule has 0 saturated heterocycles. The standard InChI is InChI=1S/C20H23N5O2S/c1-12-14(13(2)25-19(21-12)23-20(24-25)28-3)8-9-18(26)22-16-10-11-27-17-7-5-4-6-15(16)17/h4-7,16H,8-11H2,1-3H3,(H,22,26). The highest BCUT2D eigenvalue weighted by atomic mass is 32.2. The van der Waals surface area contributed by atoms with Crippen molar-refractivity contribution < 1.29 is 9.53 Å². The Morgan fingerprint density at radius 2 is 2.14 bits per heavy atom. The van der Waals surface area contributed by atoms with Crippen molar-refractivity contribution in [3.8, 4) is 5.75 Å². The first-order chi connectivity index (χ1) is 13.6. The number of thioether (sulfide) groups is 1. The van der Waals surface area contributed by atoms with Gasteiger partial charge in [-0.1, -0.05) is 30.0 Å². The van der Waals surface area contributed by atoms with E-state index in [0.717, 1.165) is 34.7 Å². The molecule has 1 aliphatic rings. The van der Waals surface area contributed by atoms with Gasteiger partial charge < -0.3 is 10.1 Å². The van der Waals surface area contributed by atoms with Gasteiger partial charge in [-0.3, -0.25) is 4.79 Å². The van der Waals surface area contributed by atoms with Gasteiger partial charge >= 0.3 is 0 Å². The molecule has 3 aromatic rings.